The first kappa shape index (κ1) is 22.3. The second-order valence-electron chi connectivity index (χ2n) is 9.18. The van der Waals surface area contributed by atoms with Crippen molar-refractivity contribution in [3.05, 3.63) is 53.6 Å². The quantitative estimate of drug-likeness (QED) is 0.508. The second-order valence-corrected chi connectivity index (χ2v) is 9.18. The molecule has 0 bridgehead atoms. The number of phenolic OH excluding ortho intramolecular Hbond substituents is 1. The van der Waals surface area contributed by atoms with E-state index in [-0.39, 0.29) is 0 Å². The summed E-state index contributed by atoms with van der Waals surface area (Å²) < 4.78 is 0. The third kappa shape index (κ3) is 5.49. The van der Waals surface area contributed by atoms with Gasteiger partial charge in [0.2, 0.25) is 5.95 Å². The van der Waals surface area contributed by atoms with Crippen molar-refractivity contribution in [3.63, 3.8) is 0 Å². The van der Waals surface area contributed by atoms with Crippen molar-refractivity contribution in [2.45, 2.75) is 64.1 Å². The number of aromatic hydroxyl groups is 1. The second kappa shape index (κ2) is 10.2. The maximum Gasteiger partial charge on any atom is 0.225 e. The highest BCUT2D eigenvalue weighted by molar-refractivity contribution is 5.90. The van der Waals surface area contributed by atoms with Gasteiger partial charge in [0.25, 0.3) is 0 Å². The van der Waals surface area contributed by atoms with Crippen molar-refractivity contribution in [2.75, 3.05) is 24.3 Å². The fraction of sp³-hybridized carbons (Fsp3) is 0.462. The van der Waals surface area contributed by atoms with E-state index >= 15 is 0 Å². The lowest BCUT2D eigenvalue weighted by atomic mass is 9.93. The van der Waals surface area contributed by atoms with Gasteiger partial charge in [-0.1, -0.05) is 24.3 Å². The molecular weight excluding hydrogens is 398 g/mol. The van der Waals surface area contributed by atoms with E-state index in [1.807, 2.05) is 39.2 Å². The normalized spacial score (nSPS) is 19.3. The topological polar surface area (TPSA) is 73.3 Å². The number of aromatic nitrogens is 2. The Hall–Kier alpha value is -2.86. The van der Waals surface area contributed by atoms with Gasteiger partial charge < -0.3 is 20.6 Å². The predicted octanol–water partition coefficient (Wildman–Crippen LogP) is 5.00. The molecule has 170 valence electrons. The summed E-state index contributed by atoms with van der Waals surface area (Å²) in [6.45, 7) is 2.80. The lowest BCUT2D eigenvalue weighted by molar-refractivity contribution is 0.376. The van der Waals surface area contributed by atoms with Crippen LogP contribution in [0.1, 0.15) is 49.7 Å². The summed E-state index contributed by atoms with van der Waals surface area (Å²) in [5.41, 5.74) is 3.14. The summed E-state index contributed by atoms with van der Waals surface area (Å²) in [5, 5.41) is 18.2. The SMILES string of the molecule is Cc1cc(CNC2CCCC(Nc3nc(N(C)C)c4ccccc4n3)CCC2)ccc1O. The molecular formula is C26H35N5O. The highest BCUT2D eigenvalue weighted by Crippen LogP contribution is 2.26. The Balaban J connectivity index is 1.33. The fourth-order valence-corrected chi connectivity index (χ4v) is 4.60. The van der Waals surface area contributed by atoms with Crippen LogP contribution in [0.3, 0.4) is 0 Å². The van der Waals surface area contributed by atoms with Crippen LogP contribution >= 0.6 is 0 Å². The van der Waals surface area contributed by atoms with Crippen molar-refractivity contribution in [3.8, 4) is 5.75 Å². The zero-order valence-electron chi connectivity index (χ0n) is 19.4. The van der Waals surface area contributed by atoms with E-state index in [4.69, 9.17) is 9.97 Å². The molecule has 3 aromatic rings. The first-order valence-electron chi connectivity index (χ1n) is 11.7. The van der Waals surface area contributed by atoms with Crippen molar-refractivity contribution < 1.29 is 5.11 Å². The Labute approximate surface area is 191 Å². The smallest absolute Gasteiger partial charge is 0.225 e. The standard InChI is InChI=1S/C26H35N5O/c1-18-16-19(14-15-24(18)32)17-27-20-8-6-10-21(11-7-9-20)28-26-29-23-13-5-4-12-22(23)25(30-26)31(2)3/h4-5,12-16,20-21,27,32H,6-11,17H2,1-3H3,(H,28,29,30). The van der Waals surface area contributed by atoms with Crippen LogP contribution in [-0.2, 0) is 6.54 Å². The summed E-state index contributed by atoms with van der Waals surface area (Å²) in [5.74, 6) is 2.05. The summed E-state index contributed by atoms with van der Waals surface area (Å²) >= 11 is 0. The van der Waals surface area contributed by atoms with Gasteiger partial charge in [-0.25, -0.2) is 4.98 Å². The number of fused-ring (bicyclic) bond motifs is 1. The Morgan fingerprint density at radius 3 is 2.41 bits per heavy atom. The number of para-hydroxylation sites is 1. The monoisotopic (exact) mass is 433 g/mol. The number of benzene rings is 2. The van der Waals surface area contributed by atoms with Crippen LogP contribution in [0.4, 0.5) is 11.8 Å². The maximum atomic E-state index is 9.72. The molecule has 0 saturated heterocycles. The minimum Gasteiger partial charge on any atom is -0.508 e. The van der Waals surface area contributed by atoms with Crippen LogP contribution in [0.25, 0.3) is 10.9 Å². The molecule has 1 aliphatic rings. The minimum absolute atomic E-state index is 0.367. The van der Waals surface area contributed by atoms with Crippen molar-refractivity contribution >= 4 is 22.7 Å². The average Bonchev–Trinajstić information content (AvgIpc) is 2.76. The van der Waals surface area contributed by atoms with Crippen LogP contribution in [0.5, 0.6) is 5.75 Å². The molecule has 3 N–H and O–H groups in total. The minimum atomic E-state index is 0.367. The molecule has 2 aromatic carbocycles. The van der Waals surface area contributed by atoms with Gasteiger partial charge >= 0.3 is 0 Å². The number of rotatable bonds is 6. The van der Waals surface area contributed by atoms with E-state index in [0.29, 0.717) is 17.8 Å². The molecule has 32 heavy (non-hydrogen) atoms. The Kier molecular flexibility index (Phi) is 7.10. The van der Waals surface area contributed by atoms with E-state index < -0.39 is 0 Å². The van der Waals surface area contributed by atoms with Gasteiger partial charge in [0.05, 0.1) is 5.52 Å². The van der Waals surface area contributed by atoms with Gasteiger partial charge in [-0.2, -0.15) is 4.98 Å². The molecule has 0 amide bonds. The van der Waals surface area contributed by atoms with Crippen LogP contribution in [0.15, 0.2) is 42.5 Å². The molecule has 0 atom stereocenters. The Bertz CT molecular complexity index is 1040. The van der Waals surface area contributed by atoms with E-state index in [2.05, 4.69) is 33.7 Å². The van der Waals surface area contributed by atoms with Crippen LogP contribution in [0.2, 0.25) is 0 Å². The fourth-order valence-electron chi connectivity index (χ4n) is 4.60. The van der Waals surface area contributed by atoms with Crippen LogP contribution in [-0.4, -0.2) is 41.3 Å². The number of phenols is 1. The first-order chi connectivity index (χ1) is 15.5. The third-order valence-corrected chi connectivity index (χ3v) is 6.41. The largest absolute Gasteiger partial charge is 0.508 e. The highest BCUT2D eigenvalue weighted by Gasteiger charge is 2.18. The molecule has 6 nitrogen and oxygen atoms in total. The number of hydrogen-bond acceptors (Lipinski definition) is 6. The molecule has 4 rings (SSSR count). The van der Waals surface area contributed by atoms with Gasteiger partial charge in [-0.3, -0.25) is 0 Å². The first-order valence-corrected chi connectivity index (χ1v) is 11.7. The molecule has 0 spiro atoms. The summed E-state index contributed by atoms with van der Waals surface area (Å²) in [6.07, 6.45) is 6.97. The summed E-state index contributed by atoms with van der Waals surface area (Å²) in [7, 11) is 4.06. The molecule has 1 saturated carbocycles. The van der Waals surface area contributed by atoms with Crippen LogP contribution < -0.4 is 15.5 Å². The van der Waals surface area contributed by atoms with Crippen LogP contribution in [0, 0.1) is 6.92 Å². The third-order valence-electron chi connectivity index (χ3n) is 6.41. The van der Waals surface area contributed by atoms with Gasteiger partial charge in [0.1, 0.15) is 11.6 Å². The number of nitrogens with zero attached hydrogens (tertiary/aromatic N) is 3. The predicted molar refractivity (Wildman–Crippen MR) is 132 cm³/mol. The molecule has 0 radical (unpaired) electrons. The number of anilines is 2. The average molecular weight is 434 g/mol. The lowest BCUT2D eigenvalue weighted by Crippen LogP contribution is -2.32. The number of nitrogens with one attached hydrogen (secondary N) is 2. The molecule has 6 heteroatoms. The molecule has 1 heterocycles. The zero-order chi connectivity index (χ0) is 22.5. The summed E-state index contributed by atoms with van der Waals surface area (Å²) in [6, 6.07) is 15.0. The summed E-state index contributed by atoms with van der Waals surface area (Å²) in [4.78, 5) is 11.6. The van der Waals surface area contributed by atoms with Gasteiger partial charge in [0, 0.05) is 38.1 Å². The van der Waals surface area contributed by atoms with E-state index in [0.717, 1.165) is 47.6 Å². The van der Waals surface area contributed by atoms with Gasteiger partial charge in [-0.15, -0.1) is 0 Å². The zero-order valence-corrected chi connectivity index (χ0v) is 19.4. The van der Waals surface area contributed by atoms with E-state index in [9.17, 15) is 5.11 Å². The molecule has 1 aromatic heterocycles. The van der Waals surface area contributed by atoms with Gasteiger partial charge in [0.15, 0.2) is 0 Å². The van der Waals surface area contributed by atoms with E-state index in [1.165, 1.54) is 31.2 Å². The number of aryl methyl sites for hydroxylation is 1. The van der Waals surface area contributed by atoms with Crippen molar-refractivity contribution in [2.24, 2.45) is 0 Å². The van der Waals surface area contributed by atoms with Crippen molar-refractivity contribution in [1.82, 2.24) is 15.3 Å². The highest BCUT2D eigenvalue weighted by atomic mass is 16.3. The lowest BCUT2D eigenvalue weighted by Gasteiger charge is -2.26. The molecule has 1 fully saturated rings. The van der Waals surface area contributed by atoms with Gasteiger partial charge in [-0.05, 0) is 74.8 Å². The van der Waals surface area contributed by atoms with E-state index in [1.54, 1.807) is 6.07 Å². The maximum absolute atomic E-state index is 9.72. The number of hydrogen-bond donors (Lipinski definition) is 3. The Morgan fingerprint density at radius 1 is 0.969 bits per heavy atom. The molecule has 0 aliphatic heterocycles. The Morgan fingerprint density at radius 2 is 1.69 bits per heavy atom. The van der Waals surface area contributed by atoms with Crippen molar-refractivity contribution in [1.29, 1.82) is 0 Å². The molecule has 1 aliphatic carbocycles. The molecule has 0 unspecified atom stereocenters.